The number of hydrogen-bond acceptors (Lipinski definition) is 4. The van der Waals surface area contributed by atoms with E-state index >= 15 is 0 Å². The molecule has 1 aromatic heterocycles. The van der Waals surface area contributed by atoms with E-state index in [2.05, 4.69) is 32.7 Å². The van der Waals surface area contributed by atoms with Crippen LogP contribution in [0.15, 0.2) is 60.7 Å². The molecule has 6 nitrogen and oxygen atoms in total. The second-order valence-electron chi connectivity index (χ2n) is 7.89. The average Bonchev–Trinajstić information content (AvgIpc) is 3.09. The molecule has 1 aliphatic heterocycles. The first kappa shape index (κ1) is 20.8. The van der Waals surface area contributed by atoms with Crippen LogP contribution in [0.5, 0.6) is 0 Å². The van der Waals surface area contributed by atoms with Crippen molar-refractivity contribution in [1.29, 1.82) is 0 Å². The Hall–Kier alpha value is -3.41. The van der Waals surface area contributed by atoms with Gasteiger partial charge in [0.15, 0.2) is 5.82 Å². The first-order valence-electron chi connectivity index (χ1n) is 11.1. The van der Waals surface area contributed by atoms with E-state index in [1.807, 2.05) is 60.7 Å². The summed E-state index contributed by atoms with van der Waals surface area (Å²) in [5, 5.41) is 14.7. The molecular formula is C25H29N5O. The van der Waals surface area contributed by atoms with Gasteiger partial charge in [-0.2, -0.15) is 0 Å². The van der Waals surface area contributed by atoms with Gasteiger partial charge in [0.25, 0.3) is 0 Å². The summed E-state index contributed by atoms with van der Waals surface area (Å²) >= 11 is 0. The Morgan fingerprint density at radius 2 is 1.61 bits per heavy atom. The largest absolute Gasteiger partial charge is 0.355 e. The maximum atomic E-state index is 12.4. The third-order valence-electron chi connectivity index (χ3n) is 5.62. The van der Waals surface area contributed by atoms with Gasteiger partial charge in [-0.15, -0.1) is 10.2 Å². The van der Waals surface area contributed by atoms with Crippen LogP contribution < -0.4 is 15.5 Å². The van der Waals surface area contributed by atoms with Crippen molar-refractivity contribution in [3.63, 3.8) is 0 Å². The predicted octanol–water partition coefficient (Wildman–Crippen LogP) is 5.73. The minimum atomic E-state index is -0.274. The van der Waals surface area contributed by atoms with Crippen molar-refractivity contribution in [2.24, 2.45) is 0 Å². The maximum Gasteiger partial charge on any atom is 0.323 e. The second kappa shape index (κ2) is 10.1. The van der Waals surface area contributed by atoms with Crippen molar-refractivity contribution in [2.75, 3.05) is 28.6 Å². The predicted molar refractivity (Wildman–Crippen MR) is 127 cm³/mol. The normalized spacial score (nSPS) is 14.0. The molecule has 2 amide bonds. The topological polar surface area (TPSA) is 70.2 Å². The molecule has 1 fully saturated rings. The number of rotatable bonds is 5. The summed E-state index contributed by atoms with van der Waals surface area (Å²) in [6.45, 7) is 4.20. The molecule has 160 valence electrons. The number of benzene rings is 2. The number of carbonyl (C=O) groups excluding carboxylic acids is 1. The minimum absolute atomic E-state index is 0.274. The lowest BCUT2D eigenvalue weighted by atomic mass is 10.1. The summed E-state index contributed by atoms with van der Waals surface area (Å²) in [5.41, 5.74) is 4.42. The van der Waals surface area contributed by atoms with Crippen molar-refractivity contribution in [3.05, 3.63) is 66.2 Å². The van der Waals surface area contributed by atoms with Gasteiger partial charge in [0.2, 0.25) is 0 Å². The fourth-order valence-electron chi connectivity index (χ4n) is 3.82. The maximum absolute atomic E-state index is 12.4. The molecule has 6 heteroatoms. The van der Waals surface area contributed by atoms with Crippen LogP contribution >= 0.6 is 0 Å². The molecular weight excluding hydrogens is 386 g/mol. The molecule has 2 aromatic carbocycles. The van der Waals surface area contributed by atoms with E-state index in [0.717, 1.165) is 42.3 Å². The highest BCUT2D eigenvalue weighted by Crippen LogP contribution is 2.23. The SMILES string of the molecule is CCc1ccc(NC(=O)Nc2cccc(-c3ccc(N4CCCCCC4)nn3)c2)cc1. The molecule has 0 aliphatic carbocycles. The summed E-state index contributed by atoms with van der Waals surface area (Å²) in [6, 6.07) is 19.3. The third-order valence-corrected chi connectivity index (χ3v) is 5.62. The molecule has 0 saturated carbocycles. The Bertz CT molecular complexity index is 993. The van der Waals surface area contributed by atoms with Gasteiger partial charge in [0.05, 0.1) is 5.69 Å². The van der Waals surface area contributed by atoms with Crippen LogP contribution in [0.1, 0.15) is 38.2 Å². The number of nitrogens with one attached hydrogen (secondary N) is 2. The van der Waals surface area contributed by atoms with Gasteiger partial charge in [-0.1, -0.05) is 44.0 Å². The van der Waals surface area contributed by atoms with E-state index in [9.17, 15) is 4.79 Å². The fraction of sp³-hybridized carbons (Fsp3) is 0.320. The Labute approximate surface area is 183 Å². The molecule has 1 saturated heterocycles. The lowest BCUT2D eigenvalue weighted by Gasteiger charge is -2.20. The summed E-state index contributed by atoms with van der Waals surface area (Å²) in [4.78, 5) is 14.7. The van der Waals surface area contributed by atoms with Crippen molar-refractivity contribution in [2.45, 2.75) is 39.0 Å². The van der Waals surface area contributed by atoms with Crippen molar-refractivity contribution in [3.8, 4) is 11.3 Å². The van der Waals surface area contributed by atoms with Crippen LogP contribution in [0.2, 0.25) is 0 Å². The number of carbonyl (C=O) groups is 1. The summed E-state index contributed by atoms with van der Waals surface area (Å²) in [5.74, 6) is 0.938. The molecule has 0 bridgehead atoms. The highest BCUT2D eigenvalue weighted by molar-refractivity contribution is 6.00. The van der Waals surface area contributed by atoms with E-state index < -0.39 is 0 Å². The number of aromatic nitrogens is 2. The van der Waals surface area contributed by atoms with Crippen molar-refractivity contribution < 1.29 is 4.79 Å². The second-order valence-corrected chi connectivity index (χ2v) is 7.89. The Morgan fingerprint density at radius 3 is 2.29 bits per heavy atom. The lowest BCUT2D eigenvalue weighted by Crippen LogP contribution is -2.25. The average molecular weight is 416 g/mol. The zero-order valence-electron chi connectivity index (χ0n) is 18.0. The van der Waals surface area contributed by atoms with Gasteiger partial charge in [-0.3, -0.25) is 0 Å². The van der Waals surface area contributed by atoms with Crippen LogP contribution in [0, 0.1) is 0 Å². The number of hydrogen-bond donors (Lipinski definition) is 2. The summed E-state index contributed by atoms with van der Waals surface area (Å²) < 4.78 is 0. The fourth-order valence-corrected chi connectivity index (χ4v) is 3.82. The minimum Gasteiger partial charge on any atom is -0.355 e. The summed E-state index contributed by atoms with van der Waals surface area (Å²) in [7, 11) is 0. The molecule has 3 aromatic rings. The van der Waals surface area contributed by atoms with Crippen LogP contribution in [-0.4, -0.2) is 29.3 Å². The highest BCUT2D eigenvalue weighted by Gasteiger charge is 2.12. The lowest BCUT2D eigenvalue weighted by molar-refractivity contribution is 0.262. The van der Waals surface area contributed by atoms with Gasteiger partial charge >= 0.3 is 6.03 Å². The standard InChI is InChI=1S/C25H29N5O/c1-2-19-10-12-21(13-11-19)26-25(31)27-22-9-7-8-20(18-22)23-14-15-24(29-28-23)30-16-5-3-4-6-17-30/h7-15,18H,2-6,16-17H2,1H3,(H2,26,27,31). The quantitative estimate of drug-likeness (QED) is 0.558. The van der Waals surface area contributed by atoms with E-state index in [1.165, 1.54) is 31.2 Å². The van der Waals surface area contributed by atoms with Crippen LogP contribution in [0.3, 0.4) is 0 Å². The van der Waals surface area contributed by atoms with Gasteiger partial charge < -0.3 is 15.5 Å². The van der Waals surface area contributed by atoms with Crippen molar-refractivity contribution >= 4 is 23.2 Å². The van der Waals surface area contributed by atoms with E-state index in [1.54, 1.807) is 0 Å². The summed E-state index contributed by atoms with van der Waals surface area (Å²) in [6.07, 6.45) is 5.98. The number of urea groups is 1. The highest BCUT2D eigenvalue weighted by atomic mass is 16.2. The molecule has 1 aliphatic rings. The van der Waals surface area contributed by atoms with Gasteiger partial charge in [0, 0.05) is 30.0 Å². The van der Waals surface area contributed by atoms with Crippen molar-refractivity contribution in [1.82, 2.24) is 10.2 Å². The number of anilines is 3. The van der Waals surface area contributed by atoms with E-state index in [4.69, 9.17) is 0 Å². The smallest absolute Gasteiger partial charge is 0.323 e. The molecule has 2 N–H and O–H groups in total. The van der Waals surface area contributed by atoms with Gasteiger partial charge in [-0.25, -0.2) is 4.79 Å². The van der Waals surface area contributed by atoms with E-state index in [-0.39, 0.29) is 6.03 Å². The number of amides is 2. The monoisotopic (exact) mass is 415 g/mol. The molecule has 0 unspecified atom stereocenters. The van der Waals surface area contributed by atoms with Crippen LogP contribution in [0.25, 0.3) is 11.3 Å². The molecule has 0 spiro atoms. The third kappa shape index (κ3) is 5.60. The zero-order chi connectivity index (χ0) is 21.5. The first-order chi connectivity index (χ1) is 15.2. The Morgan fingerprint density at radius 1 is 0.871 bits per heavy atom. The number of nitrogens with zero attached hydrogens (tertiary/aromatic N) is 3. The number of aryl methyl sites for hydroxylation is 1. The first-order valence-corrected chi connectivity index (χ1v) is 11.1. The molecule has 31 heavy (non-hydrogen) atoms. The van der Waals surface area contributed by atoms with Crippen LogP contribution in [-0.2, 0) is 6.42 Å². The molecule has 0 atom stereocenters. The molecule has 2 heterocycles. The zero-order valence-corrected chi connectivity index (χ0v) is 18.0. The molecule has 0 radical (unpaired) electrons. The Balaban J connectivity index is 1.40. The van der Waals surface area contributed by atoms with E-state index in [0.29, 0.717) is 5.69 Å². The molecule has 4 rings (SSSR count). The Kier molecular flexibility index (Phi) is 6.77. The van der Waals surface area contributed by atoms with Gasteiger partial charge in [0.1, 0.15) is 0 Å². The van der Waals surface area contributed by atoms with Gasteiger partial charge in [-0.05, 0) is 61.2 Å². The van der Waals surface area contributed by atoms with Crippen LogP contribution in [0.4, 0.5) is 22.0 Å².